The van der Waals surface area contributed by atoms with Crippen molar-refractivity contribution in [2.45, 2.75) is 77.7 Å². The zero-order valence-corrected chi connectivity index (χ0v) is 16.5. The van der Waals surface area contributed by atoms with E-state index in [2.05, 4.69) is 25.1 Å². The van der Waals surface area contributed by atoms with Gasteiger partial charge in [-0.3, -0.25) is 0 Å². The summed E-state index contributed by atoms with van der Waals surface area (Å²) < 4.78 is 0. The second kappa shape index (κ2) is 6.94. The molecule has 0 aliphatic heterocycles. The van der Waals surface area contributed by atoms with Crippen LogP contribution in [-0.4, -0.2) is 30.1 Å². The van der Waals surface area contributed by atoms with Gasteiger partial charge in [-0.2, -0.15) is 0 Å². The largest absolute Gasteiger partial charge is 0.396 e. The first kappa shape index (κ1) is 18.5. The van der Waals surface area contributed by atoms with Gasteiger partial charge in [0.15, 0.2) is 0 Å². The summed E-state index contributed by atoms with van der Waals surface area (Å²) >= 11 is 0. The van der Waals surface area contributed by atoms with Gasteiger partial charge in [0.05, 0.1) is 11.8 Å². The van der Waals surface area contributed by atoms with Gasteiger partial charge < -0.3 is 15.7 Å². The Kier molecular flexibility index (Phi) is 4.94. The summed E-state index contributed by atoms with van der Waals surface area (Å²) in [6.45, 7) is 6.15. The van der Waals surface area contributed by atoms with Crippen LogP contribution in [-0.2, 0) is 4.84 Å². The van der Waals surface area contributed by atoms with Crippen molar-refractivity contribution in [3.63, 3.8) is 0 Å². The van der Waals surface area contributed by atoms with Gasteiger partial charge in [-0.15, -0.1) is 0 Å². The van der Waals surface area contributed by atoms with Gasteiger partial charge in [0.25, 0.3) is 0 Å². The molecule has 3 fully saturated rings. The highest BCUT2D eigenvalue weighted by molar-refractivity contribution is 5.96. The minimum absolute atomic E-state index is 0.0750. The van der Waals surface area contributed by atoms with E-state index >= 15 is 0 Å². The van der Waals surface area contributed by atoms with Gasteiger partial charge in [-0.1, -0.05) is 24.6 Å². The first-order valence-electron chi connectivity index (χ1n) is 10.8. The predicted molar refractivity (Wildman–Crippen MR) is 105 cm³/mol. The van der Waals surface area contributed by atoms with Crippen LogP contribution >= 0.6 is 0 Å². The summed E-state index contributed by atoms with van der Waals surface area (Å²) in [5.74, 6) is 2.31. The van der Waals surface area contributed by atoms with Gasteiger partial charge in [-0.25, -0.2) is 0 Å². The molecule has 0 heterocycles. The highest BCUT2D eigenvalue weighted by Crippen LogP contribution is 2.65. The smallest absolute Gasteiger partial charge is 0.118 e. The fraction of sp³-hybridized carbons (Fsp3) is 0.864. The second-order valence-electron chi connectivity index (χ2n) is 9.70. The zero-order chi connectivity index (χ0) is 18.4. The van der Waals surface area contributed by atoms with E-state index in [9.17, 15) is 5.11 Å². The van der Waals surface area contributed by atoms with Gasteiger partial charge in [-0.05, 0) is 99.0 Å². The maximum atomic E-state index is 10.6. The molecule has 26 heavy (non-hydrogen) atoms. The Hall–Kier alpha value is -0.870. The van der Waals surface area contributed by atoms with Crippen molar-refractivity contribution >= 4 is 5.71 Å². The Morgan fingerprint density at radius 1 is 1.15 bits per heavy atom. The minimum atomic E-state index is -0.0750. The molecule has 0 aromatic rings. The number of fused-ring (bicyclic) bond motifs is 5. The number of aliphatic hydroxyl groups excluding tert-OH is 1. The van der Waals surface area contributed by atoms with Crippen LogP contribution in [0.5, 0.6) is 0 Å². The van der Waals surface area contributed by atoms with E-state index in [4.69, 9.17) is 10.6 Å². The van der Waals surface area contributed by atoms with E-state index in [0.29, 0.717) is 18.6 Å². The van der Waals surface area contributed by atoms with Crippen molar-refractivity contribution in [1.29, 1.82) is 0 Å². The Labute approximate surface area is 158 Å². The zero-order valence-electron chi connectivity index (χ0n) is 16.5. The number of nitrogens with two attached hydrogens (primary N) is 1. The number of nitrogens with zero attached hydrogens (tertiary/aromatic N) is 1. The monoisotopic (exact) mass is 360 g/mol. The van der Waals surface area contributed by atoms with E-state index < -0.39 is 0 Å². The molecule has 3 N–H and O–H groups in total. The van der Waals surface area contributed by atoms with E-state index in [0.717, 1.165) is 42.7 Å². The second-order valence-corrected chi connectivity index (χ2v) is 9.70. The molecule has 0 aromatic heterocycles. The molecule has 0 amide bonds. The van der Waals surface area contributed by atoms with Gasteiger partial charge >= 0.3 is 0 Å². The molecule has 0 spiro atoms. The molecular weight excluding hydrogens is 324 g/mol. The lowest BCUT2D eigenvalue weighted by Crippen LogP contribution is -2.51. The van der Waals surface area contributed by atoms with Gasteiger partial charge in [0.1, 0.15) is 6.61 Å². The number of oxime groups is 1. The molecule has 0 saturated heterocycles. The summed E-state index contributed by atoms with van der Waals surface area (Å²) in [7, 11) is 0. The van der Waals surface area contributed by atoms with Crippen LogP contribution in [0.15, 0.2) is 16.8 Å². The molecule has 3 saturated carbocycles. The molecule has 0 aromatic carbocycles. The third-order valence-electron chi connectivity index (χ3n) is 8.55. The molecule has 4 nitrogen and oxygen atoms in total. The van der Waals surface area contributed by atoms with Crippen molar-refractivity contribution in [2.75, 3.05) is 13.2 Å². The average molecular weight is 361 g/mol. The molecular formula is C22H36N2O2. The summed E-state index contributed by atoms with van der Waals surface area (Å²) in [5, 5.41) is 14.9. The lowest BCUT2D eigenvalue weighted by Gasteiger charge is -2.57. The van der Waals surface area contributed by atoms with E-state index in [1.165, 1.54) is 38.5 Å². The standard InChI is InChI=1S/C22H36N2O2/c1-21-10-8-16(24-26-13-3-12-23)14-15(21)4-5-17-18-6-7-20(25)22(18,2)11-9-19(17)21/h14,17-20,25H,3-13,23H2,1-2H3/t17?,18?,19?,20-,21-,22-/m0/s1. The van der Waals surface area contributed by atoms with Crippen molar-refractivity contribution < 1.29 is 9.94 Å². The van der Waals surface area contributed by atoms with Crippen LogP contribution < -0.4 is 5.73 Å². The Bertz CT molecular complexity index is 601. The summed E-state index contributed by atoms with van der Waals surface area (Å²) in [4.78, 5) is 5.45. The number of rotatable bonds is 4. The molecule has 0 radical (unpaired) electrons. The topological polar surface area (TPSA) is 67.8 Å². The van der Waals surface area contributed by atoms with E-state index in [1.54, 1.807) is 5.57 Å². The van der Waals surface area contributed by atoms with Gasteiger partial charge in [0, 0.05) is 0 Å². The Balaban J connectivity index is 1.52. The first-order valence-corrected chi connectivity index (χ1v) is 10.8. The molecule has 0 bridgehead atoms. The van der Waals surface area contributed by atoms with Crippen LogP contribution in [0.4, 0.5) is 0 Å². The number of hydrogen-bond donors (Lipinski definition) is 2. The lowest BCUT2D eigenvalue weighted by atomic mass is 9.47. The number of aliphatic hydroxyl groups is 1. The molecule has 4 rings (SSSR count). The SMILES string of the molecule is C[C@]12CCC(=NOCCCN)C=C1CCC1C2CC[C@@]2(C)C1CC[C@@H]2O. The van der Waals surface area contributed by atoms with Crippen molar-refractivity contribution in [1.82, 2.24) is 0 Å². The van der Waals surface area contributed by atoms with Crippen LogP contribution in [0.1, 0.15) is 71.6 Å². The van der Waals surface area contributed by atoms with E-state index in [1.807, 2.05) is 0 Å². The van der Waals surface area contributed by atoms with Crippen LogP contribution in [0.25, 0.3) is 0 Å². The summed E-state index contributed by atoms with van der Waals surface area (Å²) in [5.41, 5.74) is 8.74. The van der Waals surface area contributed by atoms with Crippen molar-refractivity contribution in [3.8, 4) is 0 Å². The third-order valence-corrected chi connectivity index (χ3v) is 8.55. The van der Waals surface area contributed by atoms with E-state index in [-0.39, 0.29) is 11.5 Å². The third kappa shape index (κ3) is 2.84. The molecule has 4 aliphatic carbocycles. The van der Waals surface area contributed by atoms with Crippen LogP contribution in [0.3, 0.4) is 0 Å². The molecule has 4 heteroatoms. The van der Waals surface area contributed by atoms with Crippen LogP contribution in [0.2, 0.25) is 0 Å². The number of allylic oxidation sites excluding steroid dienone is 2. The Morgan fingerprint density at radius 3 is 2.81 bits per heavy atom. The molecule has 6 atom stereocenters. The normalized spacial score (nSPS) is 46.3. The van der Waals surface area contributed by atoms with Crippen molar-refractivity contribution in [3.05, 3.63) is 11.6 Å². The highest BCUT2D eigenvalue weighted by atomic mass is 16.6. The van der Waals surface area contributed by atoms with Crippen LogP contribution in [0, 0.1) is 28.6 Å². The number of hydrogen-bond acceptors (Lipinski definition) is 4. The predicted octanol–water partition coefficient (Wildman–Crippen LogP) is 4.03. The minimum Gasteiger partial charge on any atom is -0.396 e. The first-order chi connectivity index (χ1) is 12.5. The van der Waals surface area contributed by atoms with Gasteiger partial charge in [0.2, 0.25) is 0 Å². The maximum Gasteiger partial charge on any atom is 0.118 e. The fourth-order valence-corrected chi connectivity index (χ4v) is 6.89. The molecule has 4 aliphatic rings. The summed E-state index contributed by atoms with van der Waals surface area (Å²) in [6, 6.07) is 0. The molecule has 3 unspecified atom stereocenters. The Morgan fingerprint density at radius 2 is 2.00 bits per heavy atom. The lowest BCUT2D eigenvalue weighted by molar-refractivity contribution is -0.0722. The highest BCUT2D eigenvalue weighted by Gasteiger charge is 2.58. The quantitative estimate of drug-likeness (QED) is 0.587. The summed E-state index contributed by atoms with van der Waals surface area (Å²) in [6.07, 6.45) is 12.6. The fourth-order valence-electron chi connectivity index (χ4n) is 6.89. The maximum absolute atomic E-state index is 10.6. The average Bonchev–Trinajstić information content (AvgIpc) is 2.94. The van der Waals surface area contributed by atoms with Crippen molar-refractivity contribution in [2.24, 2.45) is 39.5 Å². The molecule has 146 valence electrons.